The molecule has 2 amide bonds. The van der Waals surface area contributed by atoms with Gasteiger partial charge < -0.3 is 10.6 Å². The molecule has 1 aromatic heterocycles. The zero-order valence-corrected chi connectivity index (χ0v) is 13.7. The van der Waals surface area contributed by atoms with Gasteiger partial charge in [-0.25, -0.2) is 9.78 Å². The quantitative estimate of drug-likeness (QED) is 0.743. The fourth-order valence-electron chi connectivity index (χ4n) is 2.99. The van der Waals surface area contributed by atoms with E-state index in [1.807, 2.05) is 0 Å². The van der Waals surface area contributed by atoms with E-state index >= 15 is 0 Å². The van der Waals surface area contributed by atoms with Gasteiger partial charge in [-0.2, -0.15) is 5.10 Å². The second kappa shape index (κ2) is 8.73. The fraction of sp³-hybridized carbons (Fsp3) is 0.800. The number of likely N-dealkylation sites (tertiary alicyclic amines) is 1. The standard InChI is InChI=1S/C15H28N6O/c1-13-6-3-4-9-21(13)14(2)10-18-15(22)17-7-5-8-20-12-16-11-19-20/h11-14H,3-10H2,1-2H3,(H2,17,18,22)/t13-,14-/m0/s1. The molecule has 7 nitrogen and oxygen atoms in total. The molecular weight excluding hydrogens is 280 g/mol. The Labute approximate surface area is 132 Å². The van der Waals surface area contributed by atoms with E-state index in [-0.39, 0.29) is 6.03 Å². The van der Waals surface area contributed by atoms with Crippen LogP contribution in [0.25, 0.3) is 0 Å². The lowest BCUT2D eigenvalue weighted by molar-refractivity contribution is 0.114. The summed E-state index contributed by atoms with van der Waals surface area (Å²) in [7, 11) is 0. The van der Waals surface area contributed by atoms with Crippen LogP contribution in [0.3, 0.4) is 0 Å². The van der Waals surface area contributed by atoms with Crippen LogP contribution in [-0.4, -0.2) is 57.4 Å². The molecule has 0 aliphatic carbocycles. The van der Waals surface area contributed by atoms with Crippen LogP contribution in [0.2, 0.25) is 0 Å². The van der Waals surface area contributed by atoms with Crippen LogP contribution in [0, 0.1) is 0 Å². The lowest BCUT2D eigenvalue weighted by atomic mass is 10.0. The maximum absolute atomic E-state index is 11.8. The summed E-state index contributed by atoms with van der Waals surface area (Å²) < 4.78 is 1.76. The Balaban J connectivity index is 1.56. The number of hydrogen-bond acceptors (Lipinski definition) is 4. The highest BCUT2D eigenvalue weighted by atomic mass is 16.2. The van der Waals surface area contributed by atoms with E-state index < -0.39 is 0 Å². The van der Waals surface area contributed by atoms with Gasteiger partial charge in [0, 0.05) is 31.7 Å². The van der Waals surface area contributed by atoms with Crippen LogP contribution in [-0.2, 0) is 6.54 Å². The maximum Gasteiger partial charge on any atom is 0.314 e. The van der Waals surface area contributed by atoms with Crippen LogP contribution in [0.5, 0.6) is 0 Å². The Morgan fingerprint density at radius 3 is 3.00 bits per heavy atom. The molecule has 1 saturated heterocycles. The van der Waals surface area contributed by atoms with E-state index in [1.165, 1.54) is 25.6 Å². The van der Waals surface area contributed by atoms with Gasteiger partial charge in [-0.05, 0) is 39.7 Å². The highest BCUT2D eigenvalue weighted by Gasteiger charge is 2.23. The molecule has 0 bridgehead atoms. The van der Waals surface area contributed by atoms with Crippen molar-refractivity contribution >= 4 is 6.03 Å². The zero-order chi connectivity index (χ0) is 15.8. The summed E-state index contributed by atoms with van der Waals surface area (Å²) in [5.74, 6) is 0. The first-order valence-electron chi connectivity index (χ1n) is 8.26. The van der Waals surface area contributed by atoms with Crippen LogP contribution in [0.4, 0.5) is 4.79 Å². The third-order valence-corrected chi connectivity index (χ3v) is 4.29. The molecule has 0 spiro atoms. The van der Waals surface area contributed by atoms with Gasteiger partial charge in [0.2, 0.25) is 0 Å². The summed E-state index contributed by atoms with van der Waals surface area (Å²) in [4.78, 5) is 18.2. The van der Waals surface area contributed by atoms with E-state index in [0.717, 1.165) is 19.5 Å². The summed E-state index contributed by atoms with van der Waals surface area (Å²) >= 11 is 0. The largest absolute Gasteiger partial charge is 0.338 e. The van der Waals surface area contributed by atoms with Crippen molar-refractivity contribution in [3.63, 3.8) is 0 Å². The Kier molecular flexibility index (Phi) is 6.64. The third kappa shape index (κ3) is 5.29. The van der Waals surface area contributed by atoms with Gasteiger partial charge in [-0.15, -0.1) is 0 Å². The number of amides is 2. The molecule has 0 saturated carbocycles. The number of piperidine rings is 1. The van der Waals surface area contributed by atoms with E-state index in [9.17, 15) is 4.79 Å². The number of nitrogens with one attached hydrogen (secondary N) is 2. The number of hydrogen-bond donors (Lipinski definition) is 2. The number of nitrogens with zero attached hydrogens (tertiary/aromatic N) is 4. The van der Waals surface area contributed by atoms with Gasteiger partial charge in [-0.1, -0.05) is 6.42 Å². The fourth-order valence-corrected chi connectivity index (χ4v) is 2.99. The lowest BCUT2D eigenvalue weighted by Crippen LogP contribution is -2.49. The van der Waals surface area contributed by atoms with Crippen LogP contribution in [0.15, 0.2) is 12.7 Å². The second-order valence-corrected chi connectivity index (χ2v) is 6.08. The summed E-state index contributed by atoms with van der Waals surface area (Å²) in [5, 5.41) is 9.87. The molecule has 1 fully saturated rings. The first kappa shape index (κ1) is 16.7. The molecule has 1 aliphatic heterocycles. The van der Waals surface area contributed by atoms with Crippen molar-refractivity contribution in [1.29, 1.82) is 0 Å². The normalized spacial score (nSPS) is 20.5. The maximum atomic E-state index is 11.8. The molecule has 2 N–H and O–H groups in total. The average Bonchev–Trinajstić information content (AvgIpc) is 3.03. The van der Waals surface area contributed by atoms with Crippen LogP contribution in [0.1, 0.15) is 39.5 Å². The molecule has 2 atom stereocenters. The molecule has 2 heterocycles. The van der Waals surface area contributed by atoms with Crippen molar-refractivity contribution in [3.05, 3.63) is 12.7 Å². The number of urea groups is 1. The van der Waals surface area contributed by atoms with E-state index in [4.69, 9.17) is 0 Å². The number of carbonyl (C=O) groups excluding carboxylic acids is 1. The van der Waals surface area contributed by atoms with Crippen molar-refractivity contribution in [2.75, 3.05) is 19.6 Å². The third-order valence-electron chi connectivity index (χ3n) is 4.29. The monoisotopic (exact) mass is 308 g/mol. The topological polar surface area (TPSA) is 75.1 Å². The highest BCUT2D eigenvalue weighted by Crippen LogP contribution is 2.18. The molecule has 124 valence electrons. The molecule has 0 aromatic carbocycles. The molecule has 2 rings (SSSR count). The first-order chi connectivity index (χ1) is 10.7. The van der Waals surface area contributed by atoms with Gasteiger partial charge in [0.1, 0.15) is 12.7 Å². The predicted octanol–water partition coefficient (Wildman–Crippen LogP) is 1.23. The lowest BCUT2D eigenvalue weighted by Gasteiger charge is -2.38. The number of aromatic nitrogens is 3. The minimum atomic E-state index is -0.0879. The molecule has 0 radical (unpaired) electrons. The summed E-state index contributed by atoms with van der Waals surface area (Å²) in [6, 6.07) is 0.919. The van der Waals surface area contributed by atoms with Crippen molar-refractivity contribution in [2.24, 2.45) is 0 Å². The SMILES string of the molecule is C[C@H]1CCCCN1[C@@H](C)CNC(=O)NCCCn1cncn1. The Morgan fingerprint density at radius 2 is 2.27 bits per heavy atom. The van der Waals surface area contributed by atoms with Gasteiger partial charge in [-0.3, -0.25) is 9.58 Å². The van der Waals surface area contributed by atoms with Crippen LogP contribution < -0.4 is 10.6 Å². The van der Waals surface area contributed by atoms with Crippen LogP contribution >= 0.6 is 0 Å². The number of rotatable bonds is 7. The summed E-state index contributed by atoms with van der Waals surface area (Å²) in [5.41, 5.74) is 0. The van der Waals surface area contributed by atoms with Gasteiger partial charge >= 0.3 is 6.03 Å². The number of aryl methyl sites for hydroxylation is 1. The molecule has 1 aromatic rings. The van der Waals surface area contributed by atoms with Crippen molar-refractivity contribution in [3.8, 4) is 0 Å². The molecule has 1 aliphatic rings. The smallest absolute Gasteiger partial charge is 0.314 e. The van der Waals surface area contributed by atoms with Crippen molar-refractivity contribution in [1.82, 2.24) is 30.3 Å². The van der Waals surface area contributed by atoms with E-state index in [2.05, 4.69) is 39.5 Å². The second-order valence-electron chi connectivity index (χ2n) is 6.08. The van der Waals surface area contributed by atoms with Gasteiger partial charge in [0.25, 0.3) is 0 Å². The van der Waals surface area contributed by atoms with E-state index in [1.54, 1.807) is 11.0 Å². The zero-order valence-electron chi connectivity index (χ0n) is 13.7. The average molecular weight is 308 g/mol. The van der Waals surface area contributed by atoms with Crippen molar-refractivity contribution < 1.29 is 4.79 Å². The summed E-state index contributed by atoms with van der Waals surface area (Å²) in [6.07, 6.45) is 7.90. The minimum Gasteiger partial charge on any atom is -0.338 e. The molecular formula is C15H28N6O. The summed E-state index contributed by atoms with van der Waals surface area (Å²) in [6.45, 7) is 7.71. The first-order valence-corrected chi connectivity index (χ1v) is 8.26. The number of carbonyl (C=O) groups is 1. The Bertz CT molecular complexity index is 435. The van der Waals surface area contributed by atoms with Crippen molar-refractivity contribution in [2.45, 2.75) is 58.2 Å². The molecule has 7 heteroatoms. The highest BCUT2D eigenvalue weighted by molar-refractivity contribution is 5.73. The molecule has 0 unspecified atom stereocenters. The molecule has 22 heavy (non-hydrogen) atoms. The van der Waals surface area contributed by atoms with Gasteiger partial charge in [0.05, 0.1) is 0 Å². The Hall–Kier alpha value is -1.63. The Morgan fingerprint density at radius 1 is 1.41 bits per heavy atom. The minimum absolute atomic E-state index is 0.0879. The van der Waals surface area contributed by atoms with E-state index in [0.29, 0.717) is 25.2 Å². The van der Waals surface area contributed by atoms with Gasteiger partial charge in [0.15, 0.2) is 0 Å². The predicted molar refractivity (Wildman–Crippen MR) is 85.5 cm³/mol.